The number of benzene rings is 2. The topological polar surface area (TPSA) is 94.8 Å². The monoisotopic (exact) mass is 529 g/mol. The molecule has 1 heterocycles. The van der Waals surface area contributed by atoms with Crippen LogP contribution in [0.1, 0.15) is 54.9 Å². The Morgan fingerprint density at radius 2 is 1.85 bits per heavy atom. The Morgan fingerprint density at radius 1 is 1.06 bits per heavy atom. The van der Waals surface area contributed by atoms with Crippen LogP contribution in [0, 0.1) is 0 Å². The maximum Gasteiger partial charge on any atom is 0.349 e. The number of carbonyl (C=O) groups excluding carboxylic acids is 2. The van der Waals surface area contributed by atoms with Gasteiger partial charge in [-0.2, -0.15) is 0 Å². The molecule has 2 aromatic carbocycles. The summed E-state index contributed by atoms with van der Waals surface area (Å²) >= 11 is 3.52. The number of para-hydroxylation sites is 1. The molecule has 0 saturated carbocycles. The maximum absolute atomic E-state index is 12.3. The van der Waals surface area contributed by atoms with Crippen LogP contribution in [-0.2, 0) is 9.53 Å². The highest BCUT2D eigenvalue weighted by Gasteiger charge is 2.13. The summed E-state index contributed by atoms with van der Waals surface area (Å²) in [4.78, 5) is 36.2. The summed E-state index contributed by atoms with van der Waals surface area (Å²) < 4.78 is 17.0. The summed E-state index contributed by atoms with van der Waals surface area (Å²) in [5.74, 6) is 0.343. The molecule has 3 aromatic rings. The zero-order valence-corrected chi connectivity index (χ0v) is 20.9. The molecular weight excluding hydrogens is 502 g/mol. The molecule has 3 rings (SSSR count). The summed E-state index contributed by atoms with van der Waals surface area (Å²) in [6.07, 6.45) is 1.21. The highest BCUT2D eigenvalue weighted by molar-refractivity contribution is 9.10. The van der Waals surface area contributed by atoms with Crippen LogP contribution in [-0.4, -0.2) is 31.6 Å². The molecule has 0 aliphatic rings. The number of fused-ring (bicyclic) bond motifs is 1. The van der Waals surface area contributed by atoms with E-state index in [9.17, 15) is 14.4 Å². The first kappa shape index (κ1) is 25.5. The number of nitrogens with one attached hydrogen (secondary N) is 1. The first-order chi connectivity index (χ1) is 16.3. The highest BCUT2D eigenvalue weighted by atomic mass is 79.9. The fraction of sp³-hybridized carbons (Fsp3) is 0.346. The van der Waals surface area contributed by atoms with Crippen molar-refractivity contribution in [2.75, 3.05) is 19.8 Å². The van der Waals surface area contributed by atoms with Gasteiger partial charge in [-0.15, -0.1) is 0 Å². The van der Waals surface area contributed by atoms with E-state index in [2.05, 4.69) is 35.1 Å². The van der Waals surface area contributed by atoms with Crippen LogP contribution >= 0.6 is 15.9 Å². The molecule has 7 nitrogen and oxygen atoms in total. The van der Waals surface area contributed by atoms with Crippen molar-refractivity contribution in [3.63, 3.8) is 0 Å². The van der Waals surface area contributed by atoms with Gasteiger partial charge in [0.15, 0.2) is 0 Å². The Labute approximate surface area is 206 Å². The molecule has 0 saturated heterocycles. The number of carbonyl (C=O) groups is 2. The molecule has 8 heteroatoms. The van der Waals surface area contributed by atoms with Crippen molar-refractivity contribution in [1.29, 1.82) is 0 Å². The van der Waals surface area contributed by atoms with E-state index in [4.69, 9.17) is 13.9 Å². The second kappa shape index (κ2) is 12.4. The van der Waals surface area contributed by atoms with E-state index < -0.39 is 11.5 Å². The van der Waals surface area contributed by atoms with Gasteiger partial charge in [0.25, 0.3) is 5.91 Å². The lowest BCUT2D eigenvalue weighted by atomic mass is 10.0. The zero-order chi connectivity index (χ0) is 24.5. The smallest absolute Gasteiger partial charge is 0.349 e. The lowest BCUT2D eigenvalue weighted by molar-refractivity contribution is -0.143. The van der Waals surface area contributed by atoms with E-state index in [1.54, 1.807) is 24.3 Å². The van der Waals surface area contributed by atoms with Crippen LogP contribution in [0.25, 0.3) is 11.0 Å². The first-order valence-electron chi connectivity index (χ1n) is 11.2. The van der Waals surface area contributed by atoms with Crippen molar-refractivity contribution in [1.82, 2.24) is 5.32 Å². The standard InChI is InChI=1S/C26H28BrNO6/c1-17(2)18-10-11-23(21(27)16-18)32-13-5-9-24(29)33-14-6-12-28-25(30)20-15-19-7-3-4-8-22(19)34-26(20)31/h3-4,7-8,10-11,15-17H,5-6,9,12-14H2,1-2H3,(H,28,30). The number of amides is 1. The first-order valence-corrected chi connectivity index (χ1v) is 12.0. The fourth-order valence-corrected chi connectivity index (χ4v) is 3.75. The summed E-state index contributed by atoms with van der Waals surface area (Å²) in [6, 6.07) is 14.5. The average Bonchev–Trinajstić information content (AvgIpc) is 2.81. The van der Waals surface area contributed by atoms with Crippen molar-refractivity contribution in [3.8, 4) is 5.75 Å². The molecule has 1 N–H and O–H groups in total. The third-order valence-electron chi connectivity index (χ3n) is 5.16. The van der Waals surface area contributed by atoms with Crippen LogP contribution in [0.15, 0.2) is 62.2 Å². The molecule has 0 unspecified atom stereocenters. The van der Waals surface area contributed by atoms with Gasteiger partial charge in [0, 0.05) is 18.4 Å². The summed E-state index contributed by atoms with van der Waals surface area (Å²) in [5.41, 5.74) is 0.909. The molecule has 0 spiro atoms. The van der Waals surface area contributed by atoms with Gasteiger partial charge in [-0.05, 0) is 64.5 Å². The molecule has 0 fully saturated rings. The van der Waals surface area contributed by atoms with Gasteiger partial charge in [0.05, 0.1) is 17.7 Å². The van der Waals surface area contributed by atoms with E-state index in [1.165, 1.54) is 11.6 Å². The largest absolute Gasteiger partial charge is 0.492 e. The van der Waals surface area contributed by atoms with Crippen molar-refractivity contribution >= 4 is 38.8 Å². The van der Waals surface area contributed by atoms with Crippen LogP contribution in [0.5, 0.6) is 5.75 Å². The van der Waals surface area contributed by atoms with Crippen LogP contribution in [0.2, 0.25) is 0 Å². The summed E-state index contributed by atoms with van der Waals surface area (Å²) in [5, 5.41) is 3.32. The molecule has 0 bridgehead atoms. The third kappa shape index (κ3) is 7.18. The summed E-state index contributed by atoms with van der Waals surface area (Å²) in [6.45, 7) is 5.10. The Bertz CT molecular complexity index is 1200. The third-order valence-corrected chi connectivity index (χ3v) is 5.78. The van der Waals surface area contributed by atoms with E-state index in [1.807, 2.05) is 18.2 Å². The Morgan fingerprint density at radius 3 is 2.62 bits per heavy atom. The number of hydrogen-bond donors (Lipinski definition) is 1. The molecule has 0 atom stereocenters. The predicted molar refractivity (Wildman–Crippen MR) is 133 cm³/mol. The number of hydrogen-bond acceptors (Lipinski definition) is 6. The molecular formula is C26H28BrNO6. The van der Waals surface area contributed by atoms with Gasteiger partial charge < -0.3 is 19.2 Å². The maximum atomic E-state index is 12.3. The molecule has 0 aliphatic heterocycles. The quantitative estimate of drug-likeness (QED) is 0.208. The Kier molecular flexibility index (Phi) is 9.27. The SMILES string of the molecule is CC(C)c1ccc(OCCCC(=O)OCCCNC(=O)c2cc3ccccc3oc2=O)c(Br)c1. The van der Waals surface area contributed by atoms with Crippen molar-refractivity contribution in [2.24, 2.45) is 0 Å². The van der Waals surface area contributed by atoms with Crippen molar-refractivity contribution in [2.45, 2.75) is 39.0 Å². The minimum absolute atomic E-state index is 0.0545. The second-order valence-corrected chi connectivity index (χ2v) is 8.97. The lowest BCUT2D eigenvalue weighted by Gasteiger charge is -2.11. The van der Waals surface area contributed by atoms with Crippen molar-refractivity contribution in [3.05, 3.63) is 74.6 Å². The van der Waals surface area contributed by atoms with Gasteiger partial charge in [-0.1, -0.05) is 38.1 Å². The van der Waals surface area contributed by atoms with E-state index in [0.717, 1.165) is 10.2 Å². The van der Waals surface area contributed by atoms with Gasteiger partial charge in [-0.25, -0.2) is 4.79 Å². The van der Waals surface area contributed by atoms with Crippen LogP contribution < -0.4 is 15.7 Å². The Balaban J connectivity index is 1.31. The van der Waals surface area contributed by atoms with Crippen molar-refractivity contribution < 1.29 is 23.5 Å². The molecule has 180 valence electrons. The van der Waals surface area contributed by atoms with E-state index in [-0.39, 0.29) is 31.1 Å². The molecule has 0 aliphatic carbocycles. The minimum Gasteiger partial charge on any atom is -0.492 e. The number of esters is 1. The van der Waals surface area contributed by atoms with Gasteiger partial charge in [0.1, 0.15) is 16.9 Å². The predicted octanol–water partition coefficient (Wildman–Crippen LogP) is 5.20. The fourth-order valence-electron chi connectivity index (χ4n) is 3.24. The zero-order valence-electron chi connectivity index (χ0n) is 19.3. The van der Waals surface area contributed by atoms with Crippen LogP contribution in [0.3, 0.4) is 0 Å². The van der Waals surface area contributed by atoms with Gasteiger partial charge in [-0.3, -0.25) is 9.59 Å². The van der Waals surface area contributed by atoms with Gasteiger partial charge >= 0.3 is 11.6 Å². The molecule has 0 radical (unpaired) electrons. The number of ether oxygens (including phenoxy) is 2. The average molecular weight is 530 g/mol. The minimum atomic E-state index is -0.687. The second-order valence-electron chi connectivity index (χ2n) is 8.11. The lowest BCUT2D eigenvalue weighted by Crippen LogP contribution is -2.29. The molecule has 1 aromatic heterocycles. The van der Waals surface area contributed by atoms with E-state index >= 15 is 0 Å². The summed E-state index contributed by atoms with van der Waals surface area (Å²) in [7, 11) is 0. The molecule has 34 heavy (non-hydrogen) atoms. The van der Waals surface area contributed by atoms with Gasteiger partial charge in [0.2, 0.25) is 0 Å². The number of rotatable bonds is 11. The highest BCUT2D eigenvalue weighted by Crippen LogP contribution is 2.29. The van der Waals surface area contributed by atoms with E-state index in [0.29, 0.717) is 36.3 Å². The molecule has 1 amide bonds. The normalized spacial score (nSPS) is 10.9. The van der Waals surface area contributed by atoms with Crippen LogP contribution in [0.4, 0.5) is 0 Å². The number of halogens is 1. The Hall–Kier alpha value is -3.13.